The number of hydrogen-bond acceptors (Lipinski definition) is 5. The van der Waals surface area contributed by atoms with Crippen LogP contribution in [0, 0.1) is 40.4 Å². The molecule has 0 aromatic carbocycles. The Labute approximate surface area is 179 Å². The summed E-state index contributed by atoms with van der Waals surface area (Å²) in [6, 6.07) is 0. The van der Waals surface area contributed by atoms with Crippen LogP contribution >= 0.6 is 0 Å². The maximum absolute atomic E-state index is 13.5. The number of Topliss-reactive ketones (excluding diaryl/α,β-unsaturated/α-hetero) is 2. The first-order valence-electron chi connectivity index (χ1n) is 11.5. The highest BCUT2D eigenvalue weighted by atomic mass is 16.5. The molecule has 0 saturated heterocycles. The first-order chi connectivity index (χ1) is 14.1. The maximum atomic E-state index is 13.5. The summed E-state index contributed by atoms with van der Waals surface area (Å²) in [6.07, 6.45) is 7.06. The lowest BCUT2D eigenvalue weighted by Crippen LogP contribution is -2.55. The largest absolute Gasteiger partial charge is 0.457 e. The number of carbonyl (C=O) groups is 4. The molecule has 30 heavy (non-hydrogen) atoms. The molecule has 3 fully saturated rings. The SMILES string of the molecule is CC(C)C(=O)OCC(=O)[C@H]1CC[C@H]2[C@@H]3CCC4=CC(=O)CC[C@]4(C)[C@H]3C(=O)C[C@]12C. The van der Waals surface area contributed by atoms with Crippen molar-refractivity contribution >= 4 is 23.3 Å². The molecule has 5 heteroatoms. The van der Waals surface area contributed by atoms with Crippen molar-refractivity contribution in [3.63, 3.8) is 0 Å². The van der Waals surface area contributed by atoms with Gasteiger partial charge in [0.2, 0.25) is 0 Å². The monoisotopic (exact) mass is 414 g/mol. The Hall–Kier alpha value is -1.78. The van der Waals surface area contributed by atoms with E-state index in [-0.39, 0.29) is 64.4 Å². The molecule has 4 aliphatic rings. The number of ketones is 3. The van der Waals surface area contributed by atoms with E-state index in [1.54, 1.807) is 13.8 Å². The van der Waals surface area contributed by atoms with E-state index in [1.165, 1.54) is 5.57 Å². The van der Waals surface area contributed by atoms with Gasteiger partial charge in [0.05, 0.1) is 5.92 Å². The fourth-order valence-electron chi connectivity index (χ4n) is 7.32. The maximum Gasteiger partial charge on any atom is 0.308 e. The van der Waals surface area contributed by atoms with Crippen LogP contribution in [0.15, 0.2) is 11.6 Å². The summed E-state index contributed by atoms with van der Waals surface area (Å²) >= 11 is 0. The van der Waals surface area contributed by atoms with Crippen LogP contribution in [-0.4, -0.2) is 29.9 Å². The van der Waals surface area contributed by atoms with Gasteiger partial charge in [0.15, 0.2) is 11.6 Å². The molecule has 0 aliphatic heterocycles. The number of esters is 1. The van der Waals surface area contributed by atoms with Crippen LogP contribution in [0.5, 0.6) is 0 Å². The van der Waals surface area contributed by atoms with Crippen LogP contribution in [0.25, 0.3) is 0 Å². The quantitative estimate of drug-likeness (QED) is 0.648. The Morgan fingerprint density at radius 3 is 2.57 bits per heavy atom. The van der Waals surface area contributed by atoms with E-state index < -0.39 is 0 Å². The van der Waals surface area contributed by atoms with Crippen molar-refractivity contribution in [2.24, 2.45) is 40.4 Å². The molecule has 4 rings (SSSR count). The minimum absolute atomic E-state index is 0.0312. The summed E-state index contributed by atoms with van der Waals surface area (Å²) in [6.45, 7) is 7.63. The van der Waals surface area contributed by atoms with Crippen molar-refractivity contribution in [3.8, 4) is 0 Å². The van der Waals surface area contributed by atoms with E-state index >= 15 is 0 Å². The highest BCUT2D eigenvalue weighted by Crippen LogP contribution is 2.65. The summed E-state index contributed by atoms with van der Waals surface area (Å²) in [7, 11) is 0. The molecule has 0 bridgehead atoms. The number of rotatable bonds is 4. The van der Waals surface area contributed by atoms with Crippen molar-refractivity contribution in [1.29, 1.82) is 0 Å². The second-order valence-electron chi connectivity index (χ2n) is 10.8. The van der Waals surface area contributed by atoms with Gasteiger partial charge in [-0.2, -0.15) is 0 Å². The van der Waals surface area contributed by atoms with Crippen LogP contribution in [0.4, 0.5) is 0 Å². The third-order valence-corrected chi connectivity index (χ3v) is 8.87. The van der Waals surface area contributed by atoms with E-state index in [0.29, 0.717) is 18.8 Å². The number of hydrogen-bond donors (Lipinski definition) is 0. The van der Waals surface area contributed by atoms with Crippen molar-refractivity contribution < 1.29 is 23.9 Å². The summed E-state index contributed by atoms with van der Waals surface area (Å²) in [5.74, 6) is 0.182. The number of allylic oxidation sites excluding steroid dienone is 1. The van der Waals surface area contributed by atoms with Crippen molar-refractivity contribution in [1.82, 2.24) is 0 Å². The van der Waals surface area contributed by atoms with E-state index in [1.807, 2.05) is 6.08 Å². The Morgan fingerprint density at radius 1 is 1.13 bits per heavy atom. The van der Waals surface area contributed by atoms with Crippen molar-refractivity contribution in [2.45, 2.75) is 72.6 Å². The molecule has 0 unspecified atom stereocenters. The van der Waals surface area contributed by atoms with Crippen LogP contribution < -0.4 is 0 Å². The van der Waals surface area contributed by atoms with Gasteiger partial charge in [-0.05, 0) is 60.8 Å². The Bertz CT molecular complexity index is 823. The summed E-state index contributed by atoms with van der Waals surface area (Å²) in [5, 5.41) is 0. The van der Waals surface area contributed by atoms with E-state index in [9.17, 15) is 19.2 Å². The molecular formula is C25H34O5. The average Bonchev–Trinajstić information content (AvgIpc) is 3.02. The second kappa shape index (κ2) is 7.42. The molecule has 3 saturated carbocycles. The van der Waals surface area contributed by atoms with Gasteiger partial charge in [-0.25, -0.2) is 0 Å². The first kappa shape index (κ1) is 21.5. The normalized spacial score (nSPS) is 40.4. The van der Waals surface area contributed by atoms with Crippen molar-refractivity contribution in [2.75, 3.05) is 6.61 Å². The topological polar surface area (TPSA) is 77.5 Å². The van der Waals surface area contributed by atoms with Gasteiger partial charge in [0.1, 0.15) is 12.4 Å². The minimum atomic E-state index is -0.353. The van der Waals surface area contributed by atoms with Gasteiger partial charge in [0, 0.05) is 24.7 Å². The van der Waals surface area contributed by atoms with Gasteiger partial charge in [-0.3, -0.25) is 19.2 Å². The third kappa shape index (κ3) is 3.20. The lowest BCUT2D eigenvalue weighted by atomic mass is 9.46. The first-order valence-corrected chi connectivity index (χ1v) is 11.5. The lowest BCUT2D eigenvalue weighted by Gasteiger charge is -2.56. The Kier molecular flexibility index (Phi) is 5.31. The molecule has 0 spiro atoms. The van der Waals surface area contributed by atoms with E-state index in [0.717, 1.165) is 32.1 Å². The molecule has 5 nitrogen and oxygen atoms in total. The second-order valence-corrected chi connectivity index (χ2v) is 10.8. The zero-order chi connectivity index (χ0) is 21.8. The van der Waals surface area contributed by atoms with Gasteiger partial charge in [-0.15, -0.1) is 0 Å². The smallest absolute Gasteiger partial charge is 0.308 e. The van der Waals surface area contributed by atoms with Gasteiger partial charge in [0.25, 0.3) is 0 Å². The highest BCUT2D eigenvalue weighted by molar-refractivity contribution is 5.93. The predicted molar refractivity (Wildman–Crippen MR) is 111 cm³/mol. The molecule has 0 aromatic rings. The van der Waals surface area contributed by atoms with Gasteiger partial charge < -0.3 is 4.74 Å². The molecule has 0 heterocycles. The highest BCUT2D eigenvalue weighted by Gasteiger charge is 2.63. The van der Waals surface area contributed by atoms with Crippen molar-refractivity contribution in [3.05, 3.63) is 11.6 Å². The standard InChI is InChI=1S/C25H34O5/c1-14(2)23(29)30-13-21(28)19-8-7-18-17-6-5-15-11-16(26)9-10-24(15,3)22(17)20(27)12-25(18,19)4/h11,14,17-19,22H,5-10,12-13H2,1-4H3/t17-,18-,19+,22+,24-,25-/m0/s1. The molecule has 0 amide bonds. The van der Waals surface area contributed by atoms with Crippen LogP contribution in [0.3, 0.4) is 0 Å². The fraction of sp³-hybridized carbons (Fsp3) is 0.760. The third-order valence-electron chi connectivity index (χ3n) is 8.87. The van der Waals surface area contributed by atoms with Crippen LogP contribution in [0.2, 0.25) is 0 Å². The zero-order valence-corrected chi connectivity index (χ0v) is 18.7. The average molecular weight is 415 g/mol. The fourth-order valence-corrected chi connectivity index (χ4v) is 7.32. The van der Waals surface area contributed by atoms with E-state index in [2.05, 4.69) is 13.8 Å². The summed E-state index contributed by atoms with van der Waals surface area (Å²) in [5.41, 5.74) is 0.620. The van der Waals surface area contributed by atoms with Gasteiger partial charge in [-0.1, -0.05) is 33.3 Å². The number of carbonyl (C=O) groups excluding carboxylic acids is 4. The van der Waals surface area contributed by atoms with E-state index in [4.69, 9.17) is 4.74 Å². The minimum Gasteiger partial charge on any atom is -0.457 e. The molecule has 0 N–H and O–H groups in total. The summed E-state index contributed by atoms with van der Waals surface area (Å²) in [4.78, 5) is 50.3. The van der Waals surface area contributed by atoms with Crippen LogP contribution in [-0.2, 0) is 23.9 Å². The Morgan fingerprint density at radius 2 is 1.87 bits per heavy atom. The Balaban J connectivity index is 1.56. The molecule has 4 aliphatic carbocycles. The molecule has 6 atom stereocenters. The number of fused-ring (bicyclic) bond motifs is 5. The molecule has 0 aromatic heterocycles. The predicted octanol–water partition coefficient (Wildman–Crippen LogP) is 4.08. The van der Waals surface area contributed by atoms with Crippen LogP contribution in [0.1, 0.15) is 72.6 Å². The van der Waals surface area contributed by atoms with Gasteiger partial charge >= 0.3 is 5.97 Å². The summed E-state index contributed by atoms with van der Waals surface area (Å²) < 4.78 is 5.22. The molecule has 164 valence electrons. The molecular weight excluding hydrogens is 380 g/mol. The lowest BCUT2D eigenvalue weighted by molar-refractivity contribution is -0.156. The zero-order valence-electron chi connectivity index (χ0n) is 18.7. The molecule has 0 radical (unpaired) electrons. The number of ether oxygens (including phenoxy) is 1.